The van der Waals surface area contributed by atoms with Crippen molar-refractivity contribution in [3.05, 3.63) is 71.8 Å². The van der Waals surface area contributed by atoms with E-state index >= 15 is 0 Å². The van der Waals surface area contributed by atoms with Gasteiger partial charge >= 0.3 is 0 Å². The number of hydrogen-bond donors (Lipinski definition) is 1. The lowest BCUT2D eigenvalue weighted by Crippen LogP contribution is -2.25. The van der Waals surface area contributed by atoms with Gasteiger partial charge in [-0.05, 0) is 55.0 Å². The van der Waals surface area contributed by atoms with E-state index in [1.54, 1.807) is 61.5 Å². The maximum atomic E-state index is 13.0. The van der Waals surface area contributed by atoms with Crippen molar-refractivity contribution in [2.75, 3.05) is 31.0 Å². The van der Waals surface area contributed by atoms with E-state index in [2.05, 4.69) is 5.32 Å². The Labute approximate surface area is 180 Å². The Kier molecular flexibility index (Phi) is 5.49. The standard InChI is InChI=1S/C24H22N2O5/c1-15-7-9-22-20(11-15)26(2)24(28)19-12-16(8-10-21(19)31-22)25-23(27)14-30-18-6-4-5-17(13-18)29-3/h4-13H,14H2,1-3H3,(H,25,27). The van der Waals surface area contributed by atoms with Gasteiger partial charge in [-0.2, -0.15) is 0 Å². The second-order valence-corrected chi connectivity index (χ2v) is 7.16. The van der Waals surface area contributed by atoms with Gasteiger partial charge in [0.2, 0.25) is 0 Å². The molecule has 0 radical (unpaired) electrons. The molecule has 7 heteroatoms. The number of hydrogen-bond acceptors (Lipinski definition) is 5. The maximum Gasteiger partial charge on any atom is 0.262 e. The Morgan fingerprint density at radius 3 is 2.61 bits per heavy atom. The normalized spacial score (nSPS) is 12.2. The Morgan fingerprint density at radius 2 is 1.81 bits per heavy atom. The first-order valence-electron chi connectivity index (χ1n) is 9.72. The third-order valence-electron chi connectivity index (χ3n) is 4.91. The highest BCUT2D eigenvalue weighted by atomic mass is 16.5. The minimum atomic E-state index is -0.350. The zero-order valence-electron chi connectivity index (χ0n) is 17.5. The average Bonchev–Trinajstić information content (AvgIpc) is 2.88. The van der Waals surface area contributed by atoms with E-state index in [1.807, 2.05) is 25.1 Å². The van der Waals surface area contributed by atoms with Gasteiger partial charge in [0.25, 0.3) is 11.8 Å². The molecule has 1 aliphatic heterocycles. The van der Waals surface area contributed by atoms with Crippen LogP contribution in [0.25, 0.3) is 0 Å². The number of nitrogens with zero attached hydrogens (tertiary/aromatic N) is 1. The molecule has 31 heavy (non-hydrogen) atoms. The van der Waals surface area contributed by atoms with Crippen molar-refractivity contribution in [3.63, 3.8) is 0 Å². The molecule has 158 valence electrons. The fraction of sp³-hybridized carbons (Fsp3) is 0.167. The van der Waals surface area contributed by atoms with Crippen LogP contribution in [0.3, 0.4) is 0 Å². The number of anilines is 2. The Balaban J connectivity index is 1.49. The fourth-order valence-electron chi connectivity index (χ4n) is 3.29. The lowest BCUT2D eigenvalue weighted by molar-refractivity contribution is -0.118. The summed E-state index contributed by atoms with van der Waals surface area (Å²) in [6.45, 7) is 1.77. The fourth-order valence-corrected chi connectivity index (χ4v) is 3.29. The van der Waals surface area contributed by atoms with Crippen LogP contribution < -0.4 is 24.4 Å². The summed E-state index contributed by atoms with van der Waals surface area (Å²) in [6, 6.07) is 17.6. The van der Waals surface area contributed by atoms with E-state index in [-0.39, 0.29) is 18.4 Å². The zero-order valence-corrected chi connectivity index (χ0v) is 17.5. The van der Waals surface area contributed by atoms with Crippen molar-refractivity contribution in [3.8, 4) is 23.0 Å². The predicted octanol–water partition coefficient (Wildman–Crippen LogP) is 4.40. The Morgan fingerprint density at radius 1 is 1.03 bits per heavy atom. The minimum Gasteiger partial charge on any atom is -0.497 e. The highest BCUT2D eigenvalue weighted by molar-refractivity contribution is 6.10. The number of ether oxygens (including phenoxy) is 3. The average molecular weight is 418 g/mol. The largest absolute Gasteiger partial charge is 0.497 e. The lowest BCUT2D eigenvalue weighted by Gasteiger charge is -2.16. The number of carbonyl (C=O) groups excluding carboxylic acids is 2. The number of rotatable bonds is 5. The summed E-state index contributed by atoms with van der Waals surface area (Å²) in [5, 5.41) is 2.76. The van der Waals surface area contributed by atoms with Gasteiger partial charge in [-0.15, -0.1) is 0 Å². The van der Waals surface area contributed by atoms with E-state index in [9.17, 15) is 9.59 Å². The van der Waals surface area contributed by atoms with Crippen molar-refractivity contribution < 1.29 is 23.8 Å². The maximum absolute atomic E-state index is 13.0. The van der Waals surface area contributed by atoms with E-state index in [0.717, 1.165) is 5.56 Å². The van der Waals surface area contributed by atoms with Crippen LogP contribution in [-0.4, -0.2) is 32.6 Å². The number of amides is 2. The van der Waals surface area contributed by atoms with Crippen LogP contribution >= 0.6 is 0 Å². The van der Waals surface area contributed by atoms with E-state index in [4.69, 9.17) is 14.2 Å². The predicted molar refractivity (Wildman–Crippen MR) is 118 cm³/mol. The summed E-state index contributed by atoms with van der Waals surface area (Å²) in [5.41, 5.74) is 2.56. The van der Waals surface area contributed by atoms with Gasteiger partial charge in [0.1, 0.15) is 17.2 Å². The van der Waals surface area contributed by atoms with Crippen molar-refractivity contribution in [2.45, 2.75) is 6.92 Å². The van der Waals surface area contributed by atoms with Crippen LogP contribution in [0.15, 0.2) is 60.7 Å². The van der Waals surface area contributed by atoms with Gasteiger partial charge in [0.05, 0.1) is 18.4 Å². The molecule has 0 aromatic heterocycles. The SMILES string of the molecule is COc1cccc(OCC(=O)Nc2ccc3c(c2)C(=O)N(C)c2cc(C)ccc2O3)c1. The molecule has 0 saturated carbocycles. The van der Waals surface area contributed by atoms with E-state index in [1.165, 1.54) is 0 Å². The van der Waals surface area contributed by atoms with Crippen molar-refractivity contribution in [1.82, 2.24) is 0 Å². The first-order chi connectivity index (χ1) is 14.9. The molecule has 0 unspecified atom stereocenters. The van der Waals surface area contributed by atoms with Crippen LogP contribution in [0.1, 0.15) is 15.9 Å². The molecule has 0 spiro atoms. The molecule has 1 heterocycles. The lowest BCUT2D eigenvalue weighted by atomic mass is 10.1. The smallest absolute Gasteiger partial charge is 0.262 e. The molecule has 0 bridgehead atoms. The molecule has 0 atom stereocenters. The number of carbonyl (C=O) groups is 2. The summed E-state index contributed by atoms with van der Waals surface area (Å²) < 4.78 is 16.6. The molecule has 0 aliphatic carbocycles. The zero-order chi connectivity index (χ0) is 22.0. The minimum absolute atomic E-state index is 0.181. The second kappa shape index (κ2) is 8.39. The molecule has 1 N–H and O–H groups in total. The van der Waals surface area contributed by atoms with Crippen LogP contribution in [-0.2, 0) is 4.79 Å². The van der Waals surface area contributed by atoms with Crippen LogP contribution in [0.4, 0.5) is 11.4 Å². The third kappa shape index (κ3) is 4.30. The van der Waals surface area contributed by atoms with Crippen LogP contribution in [0.5, 0.6) is 23.0 Å². The summed E-state index contributed by atoms with van der Waals surface area (Å²) >= 11 is 0. The topological polar surface area (TPSA) is 77.1 Å². The first kappa shape index (κ1) is 20.3. The second-order valence-electron chi connectivity index (χ2n) is 7.16. The summed E-state index contributed by atoms with van der Waals surface area (Å²) in [4.78, 5) is 26.9. The number of aryl methyl sites for hydroxylation is 1. The molecule has 3 aromatic carbocycles. The molecule has 1 aliphatic rings. The molecular weight excluding hydrogens is 396 g/mol. The van der Waals surface area contributed by atoms with Crippen LogP contribution in [0.2, 0.25) is 0 Å². The van der Waals surface area contributed by atoms with Crippen LogP contribution in [0, 0.1) is 6.92 Å². The molecule has 7 nitrogen and oxygen atoms in total. The highest BCUT2D eigenvalue weighted by Gasteiger charge is 2.26. The molecular formula is C24H22N2O5. The number of fused-ring (bicyclic) bond motifs is 2. The van der Waals surface area contributed by atoms with Gasteiger partial charge in [0.15, 0.2) is 12.4 Å². The van der Waals surface area contributed by atoms with Crippen molar-refractivity contribution in [1.29, 1.82) is 0 Å². The Bertz CT molecular complexity index is 1160. The number of benzene rings is 3. The summed E-state index contributed by atoms with van der Waals surface area (Å²) in [5.74, 6) is 1.63. The van der Waals surface area contributed by atoms with Gasteiger partial charge in [0, 0.05) is 18.8 Å². The summed E-state index contributed by atoms with van der Waals surface area (Å²) in [7, 11) is 3.26. The Hall–Kier alpha value is -4.00. The highest BCUT2D eigenvalue weighted by Crippen LogP contribution is 2.39. The van der Waals surface area contributed by atoms with Gasteiger partial charge in [-0.1, -0.05) is 12.1 Å². The number of methoxy groups -OCH3 is 1. The molecule has 2 amide bonds. The van der Waals surface area contributed by atoms with Gasteiger partial charge in [-0.3, -0.25) is 9.59 Å². The molecule has 0 fully saturated rings. The monoisotopic (exact) mass is 418 g/mol. The number of nitrogens with one attached hydrogen (secondary N) is 1. The first-order valence-corrected chi connectivity index (χ1v) is 9.72. The molecule has 0 saturated heterocycles. The molecule has 4 rings (SSSR count). The van der Waals surface area contributed by atoms with Crippen molar-refractivity contribution >= 4 is 23.2 Å². The van der Waals surface area contributed by atoms with Gasteiger partial charge in [-0.25, -0.2) is 0 Å². The molecule has 3 aromatic rings. The summed E-state index contributed by atoms with van der Waals surface area (Å²) in [6.07, 6.45) is 0. The van der Waals surface area contributed by atoms with Gasteiger partial charge < -0.3 is 24.4 Å². The third-order valence-corrected chi connectivity index (χ3v) is 4.91. The quantitative estimate of drug-likeness (QED) is 0.664. The van der Waals surface area contributed by atoms with E-state index < -0.39 is 0 Å². The van der Waals surface area contributed by atoms with E-state index in [0.29, 0.717) is 39.9 Å². The van der Waals surface area contributed by atoms with Crippen molar-refractivity contribution in [2.24, 2.45) is 0 Å².